The lowest BCUT2D eigenvalue weighted by Gasteiger charge is -2.11. The highest BCUT2D eigenvalue weighted by atomic mass is 16.2. The van der Waals surface area contributed by atoms with Crippen LogP contribution in [0.4, 0.5) is 4.79 Å². The first-order chi connectivity index (χ1) is 7.50. The zero-order valence-corrected chi connectivity index (χ0v) is 9.98. The molecule has 0 fully saturated rings. The van der Waals surface area contributed by atoms with Gasteiger partial charge in [0.2, 0.25) is 0 Å². The predicted octanol–water partition coefficient (Wildman–Crippen LogP) is 2.18. The van der Waals surface area contributed by atoms with E-state index in [1.807, 2.05) is 26.0 Å². The molecule has 1 heterocycles. The molecule has 16 heavy (non-hydrogen) atoms. The Balaban J connectivity index is 2.65. The van der Waals surface area contributed by atoms with E-state index in [0.717, 1.165) is 11.0 Å². The highest BCUT2D eigenvalue weighted by molar-refractivity contribution is 5.89. The Morgan fingerprint density at radius 1 is 1.25 bits per heavy atom. The number of benzene rings is 1. The van der Waals surface area contributed by atoms with Gasteiger partial charge in [0.1, 0.15) is 6.33 Å². The van der Waals surface area contributed by atoms with Crippen molar-refractivity contribution in [2.75, 3.05) is 14.1 Å². The average molecular weight is 217 g/mol. The van der Waals surface area contributed by atoms with Crippen molar-refractivity contribution in [3.63, 3.8) is 0 Å². The van der Waals surface area contributed by atoms with Crippen molar-refractivity contribution in [2.24, 2.45) is 0 Å². The topological polar surface area (TPSA) is 38.1 Å². The van der Waals surface area contributed by atoms with Crippen molar-refractivity contribution >= 4 is 17.1 Å². The van der Waals surface area contributed by atoms with Crippen LogP contribution in [0, 0.1) is 13.8 Å². The molecule has 0 saturated heterocycles. The van der Waals surface area contributed by atoms with Crippen LogP contribution in [0.5, 0.6) is 0 Å². The Bertz CT molecular complexity index is 555. The first-order valence-corrected chi connectivity index (χ1v) is 5.16. The van der Waals surface area contributed by atoms with Crippen LogP contribution in [-0.2, 0) is 0 Å². The molecule has 0 bridgehead atoms. The largest absolute Gasteiger partial charge is 0.330 e. The fourth-order valence-corrected chi connectivity index (χ4v) is 1.63. The van der Waals surface area contributed by atoms with Crippen LogP contribution in [0.25, 0.3) is 11.0 Å². The first-order valence-electron chi connectivity index (χ1n) is 5.16. The monoisotopic (exact) mass is 217 g/mol. The molecule has 1 amide bonds. The summed E-state index contributed by atoms with van der Waals surface area (Å²) in [6, 6.07) is 3.93. The molecule has 2 aromatic rings. The number of fused-ring (bicyclic) bond motifs is 1. The fourth-order valence-electron chi connectivity index (χ4n) is 1.63. The van der Waals surface area contributed by atoms with Gasteiger partial charge in [-0.3, -0.25) is 4.57 Å². The molecule has 0 aliphatic rings. The van der Waals surface area contributed by atoms with Gasteiger partial charge in [0.15, 0.2) is 0 Å². The molecule has 0 radical (unpaired) electrons. The summed E-state index contributed by atoms with van der Waals surface area (Å²) < 4.78 is 1.57. The lowest BCUT2D eigenvalue weighted by molar-refractivity contribution is 0.220. The van der Waals surface area contributed by atoms with Crippen molar-refractivity contribution in [1.29, 1.82) is 0 Å². The molecule has 0 spiro atoms. The Morgan fingerprint density at radius 2 is 1.88 bits per heavy atom. The second kappa shape index (κ2) is 3.63. The van der Waals surface area contributed by atoms with Gasteiger partial charge in [0, 0.05) is 14.1 Å². The zero-order valence-electron chi connectivity index (χ0n) is 9.98. The quantitative estimate of drug-likeness (QED) is 0.678. The third-order valence-corrected chi connectivity index (χ3v) is 2.75. The highest BCUT2D eigenvalue weighted by Crippen LogP contribution is 2.18. The molecule has 2 rings (SSSR count). The number of imidazole rings is 1. The van der Waals surface area contributed by atoms with Gasteiger partial charge in [0.05, 0.1) is 11.0 Å². The second-order valence-electron chi connectivity index (χ2n) is 4.22. The van der Waals surface area contributed by atoms with Gasteiger partial charge in [-0.15, -0.1) is 0 Å². The van der Waals surface area contributed by atoms with E-state index in [1.165, 1.54) is 16.0 Å². The SMILES string of the molecule is Cc1cc2ncn(C(=O)N(C)C)c2cc1C. The van der Waals surface area contributed by atoms with Crippen LogP contribution in [0.1, 0.15) is 11.1 Å². The van der Waals surface area contributed by atoms with Crippen molar-refractivity contribution < 1.29 is 4.79 Å². The second-order valence-corrected chi connectivity index (χ2v) is 4.22. The number of rotatable bonds is 0. The lowest BCUT2D eigenvalue weighted by atomic mass is 10.1. The number of nitrogens with zero attached hydrogens (tertiary/aromatic N) is 3. The summed E-state index contributed by atoms with van der Waals surface area (Å²) in [6.07, 6.45) is 1.58. The normalized spacial score (nSPS) is 10.8. The summed E-state index contributed by atoms with van der Waals surface area (Å²) in [7, 11) is 3.46. The summed E-state index contributed by atoms with van der Waals surface area (Å²) in [6.45, 7) is 4.08. The first kappa shape index (κ1) is 10.7. The minimum absolute atomic E-state index is 0.0780. The van der Waals surface area contributed by atoms with Crippen LogP contribution < -0.4 is 0 Å². The van der Waals surface area contributed by atoms with Gasteiger partial charge in [0.25, 0.3) is 0 Å². The van der Waals surface area contributed by atoms with Crippen molar-refractivity contribution in [3.8, 4) is 0 Å². The molecule has 0 N–H and O–H groups in total. The van der Waals surface area contributed by atoms with Gasteiger partial charge in [-0.1, -0.05) is 0 Å². The summed E-state index contributed by atoms with van der Waals surface area (Å²) in [5.74, 6) is 0. The van der Waals surface area contributed by atoms with E-state index in [9.17, 15) is 4.79 Å². The summed E-state index contributed by atoms with van der Waals surface area (Å²) in [5, 5.41) is 0. The maximum atomic E-state index is 11.9. The molecule has 1 aromatic carbocycles. The van der Waals surface area contributed by atoms with E-state index in [0.29, 0.717) is 0 Å². The Labute approximate surface area is 94.5 Å². The van der Waals surface area contributed by atoms with E-state index >= 15 is 0 Å². The molecule has 0 unspecified atom stereocenters. The van der Waals surface area contributed by atoms with Gasteiger partial charge in [-0.25, -0.2) is 9.78 Å². The standard InChI is InChI=1S/C12H15N3O/c1-8-5-10-11(6-9(8)2)15(7-13-10)12(16)14(3)4/h5-7H,1-4H3. The third kappa shape index (κ3) is 1.56. The zero-order chi connectivity index (χ0) is 11.9. The lowest BCUT2D eigenvalue weighted by Crippen LogP contribution is -2.26. The van der Waals surface area contributed by atoms with Crippen LogP contribution in [0.3, 0.4) is 0 Å². The van der Waals surface area contributed by atoms with Crippen molar-refractivity contribution in [3.05, 3.63) is 29.6 Å². The van der Waals surface area contributed by atoms with Gasteiger partial charge < -0.3 is 4.90 Å². The maximum absolute atomic E-state index is 11.9. The average Bonchev–Trinajstić information content (AvgIpc) is 2.60. The summed E-state index contributed by atoms with van der Waals surface area (Å²) in [4.78, 5) is 17.6. The van der Waals surface area contributed by atoms with E-state index in [4.69, 9.17) is 0 Å². The summed E-state index contributed by atoms with van der Waals surface area (Å²) >= 11 is 0. The molecular weight excluding hydrogens is 202 g/mol. The van der Waals surface area contributed by atoms with Crippen molar-refractivity contribution in [2.45, 2.75) is 13.8 Å². The molecule has 4 heteroatoms. The van der Waals surface area contributed by atoms with Gasteiger partial charge in [-0.05, 0) is 37.1 Å². The molecule has 0 aliphatic carbocycles. The number of carbonyl (C=O) groups is 1. The van der Waals surface area contributed by atoms with Crippen molar-refractivity contribution in [1.82, 2.24) is 14.5 Å². The van der Waals surface area contributed by atoms with Gasteiger partial charge in [-0.2, -0.15) is 0 Å². The van der Waals surface area contributed by atoms with E-state index in [1.54, 1.807) is 25.0 Å². The Hall–Kier alpha value is -1.84. The predicted molar refractivity (Wildman–Crippen MR) is 63.7 cm³/mol. The van der Waals surface area contributed by atoms with E-state index < -0.39 is 0 Å². The number of amides is 1. The smallest absolute Gasteiger partial charge is 0.329 e. The van der Waals surface area contributed by atoms with Crippen LogP contribution >= 0.6 is 0 Å². The molecule has 0 saturated carbocycles. The minimum atomic E-state index is -0.0780. The number of hydrogen-bond acceptors (Lipinski definition) is 2. The number of aryl methyl sites for hydroxylation is 2. The Morgan fingerprint density at radius 3 is 2.50 bits per heavy atom. The number of hydrogen-bond donors (Lipinski definition) is 0. The molecule has 4 nitrogen and oxygen atoms in total. The molecular formula is C12H15N3O. The van der Waals surface area contributed by atoms with Crippen LogP contribution in [0.15, 0.2) is 18.5 Å². The molecule has 1 aromatic heterocycles. The summed E-state index contributed by atoms with van der Waals surface area (Å²) in [5.41, 5.74) is 4.08. The number of aromatic nitrogens is 2. The third-order valence-electron chi connectivity index (χ3n) is 2.75. The van der Waals surface area contributed by atoms with Crippen LogP contribution in [-0.4, -0.2) is 34.6 Å². The highest BCUT2D eigenvalue weighted by Gasteiger charge is 2.12. The number of carbonyl (C=O) groups excluding carboxylic acids is 1. The van der Waals surface area contributed by atoms with Crippen LogP contribution in [0.2, 0.25) is 0 Å². The van der Waals surface area contributed by atoms with E-state index in [2.05, 4.69) is 4.98 Å². The molecule has 0 aliphatic heterocycles. The van der Waals surface area contributed by atoms with Gasteiger partial charge >= 0.3 is 6.03 Å². The van der Waals surface area contributed by atoms with E-state index in [-0.39, 0.29) is 6.03 Å². The maximum Gasteiger partial charge on any atom is 0.329 e. The fraction of sp³-hybridized carbons (Fsp3) is 0.333. The molecule has 0 atom stereocenters. The Kier molecular flexibility index (Phi) is 2.42. The molecule has 84 valence electrons. The minimum Gasteiger partial charge on any atom is -0.330 e.